The predicted molar refractivity (Wildman–Crippen MR) is 96.5 cm³/mol. The minimum Gasteiger partial charge on any atom is -0.473 e. The fourth-order valence-electron chi connectivity index (χ4n) is 2.70. The van der Waals surface area contributed by atoms with Crippen molar-refractivity contribution in [2.45, 2.75) is 13.1 Å². The van der Waals surface area contributed by atoms with Crippen LogP contribution < -0.4 is 0 Å². The molecule has 0 bridgehead atoms. The molecule has 1 saturated heterocycles. The topological polar surface area (TPSA) is 94.0 Å². The van der Waals surface area contributed by atoms with Crippen molar-refractivity contribution in [3.05, 3.63) is 65.7 Å². The number of carboxylic acid groups (broad SMARTS) is 2. The van der Waals surface area contributed by atoms with Crippen molar-refractivity contribution in [1.82, 2.24) is 14.8 Å². The normalized spacial score (nSPS) is 14.9. The molecule has 2 aromatic rings. The summed E-state index contributed by atoms with van der Waals surface area (Å²) in [4.78, 5) is 27.2. The third kappa shape index (κ3) is 7.51. The molecular weight excluding hydrogens is 353 g/mol. The molecule has 1 aromatic heterocycles. The standard InChI is InChI=1S/C17H20FN3.C2H2O4/c18-17-5-3-15(4-6-17)13-20-8-10-21(11-9-20)14-16-2-1-7-19-12-16;3-1(4)2(5)6/h1-7,12H,8-11,13-14H2;(H,3,4)(H,5,6). The molecule has 8 heteroatoms. The van der Waals surface area contributed by atoms with E-state index in [-0.39, 0.29) is 5.82 Å². The van der Waals surface area contributed by atoms with E-state index >= 15 is 0 Å². The van der Waals surface area contributed by atoms with Gasteiger partial charge in [-0.25, -0.2) is 14.0 Å². The molecule has 0 spiro atoms. The quantitative estimate of drug-likeness (QED) is 0.786. The fourth-order valence-corrected chi connectivity index (χ4v) is 2.70. The molecule has 0 saturated carbocycles. The molecule has 7 nitrogen and oxygen atoms in total. The third-order valence-electron chi connectivity index (χ3n) is 4.10. The van der Waals surface area contributed by atoms with Gasteiger partial charge in [0.25, 0.3) is 0 Å². The van der Waals surface area contributed by atoms with Crippen LogP contribution in [0.5, 0.6) is 0 Å². The van der Waals surface area contributed by atoms with Crippen LogP contribution in [0.25, 0.3) is 0 Å². The largest absolute Gasteiger partial charge is 0.473 e. The molecule has 1 fully saturated rings. The van der Waals surface area contributed by atoms with Crippen molar-refractivity contribution in [2.75, 3.05) is 26.2 Å². The minimum atomic E-state index is -1.82. The number of nitrogens with zero attached hydrogens (tertiary/aromatic N) is 3. The second kappa shape index (κ2) is 10.3. The fraction of sp³-hybridized carbons (Fsp3) is 0.316. The van der Waals surface area contributed by atoms with Crippen LogP contribution in [-0.2, 0) is 22.7 Å². The Hall–Kier alpha value is -2.84. The van der Waals surface area contributed by atoms with Gasteiger partial charge in [-0.15, -0.1) is 0 Å². The van der Waals surface area contributed by atoms with E-state index in [4.69, 9.17) is 19.8 Å². The van der Waals surface area contributed by atoms with Gasteiger partial charge >= 0.3 is 11.9 Å². The Kier molecular flexibility index (Phi) is 7.84. The summed E-state index contributed by atoms with van der Waals surface area (Å²) in [5.41, 5.74) is 2.45. The van der Waals surface area contributed by atoms with Crippen molar-refractivity contribution >= 4 is 11.9 Å². The number of benzene rings is 1. The number of aromatic nitrogens is 1. The first-order valence-electron chi connectivity index (χ1n) is 8.48. The van der Waals surface area contributed by atoms with Crippen LogP contribution in [0, 0.1) is 5.82 Å². The van der Waals surface area contributed by atoms with E-state index in [0.29, 0.717) is 0 Å². The van der Waals surface area contributed by atoms with Crippen molar-refractivity contribution in [2.24, 2.45) is 0 Å². The van der Waals surface area contributed by atoms with Crippen molar-refractivity contribution in [3.8, 4) is 0 Å². The lowest BCUT2D eigenvalue weighted by molar-refractivity contribution is -0.159. The zero-order chi connectivity index (χ0) is 19.6. The molecule has 2 heterocycles. The van der Waals surface area contributed by atoms with Gasteiger partial charge in [-0.3, -0.25) is 14.8 Å². The molecule has 1 aliphatic rings. The molecule has 27 heavy (non-hydrogen) atoms. The first-order valence-corrected chi connectivity index (χ1v) is 8.48. The number of hydrogen-bond donors (Lipinski definition) is 2. The lowest BCUT2D eigenvalue weighted by atomic mass is 10.2. The monoisotopic (exact) mass is 375 g/mol. The third-order valence-corrected chi connectivity index (χ3v) is 4.10. The van der Waals surface area contributed by atoms with Gasteiger partial charge < -0.3 is 10.2 Å². The van der Waals surface area contributed by atoms with Crippen LogP contribution in [0.2, 0.25) is 0 Å². The Morgan fingerprint density at radius 3 is 1.85 bits per heavy atom. The Morgan fingerprint density at radius 2 is 1.41 bits per heavy atom. The summed E-state index contributed by atoms with van der Waals surface area (Å²) >= 11 is 0. The molecule has 144 valence electrons. The number of aliphatic carboxylic acids is 2. The summed E-state index contributed by atoms with van der Waals surface area (Å²) in [5.74, 6) is -3.81. The molecule has 0 aliphatic carbocycles. The molecule has 0 radical (unpaired) electrons. The number of halogens is 1. The minimum absolute atomic E-state index is 0.167. The second-order valence-electron chi connectivity index (χ2n) is 6.15. The summed E-state index contributed by atoms with van der Waals surface area (Å²) in [5, 5.41) is 14.8. The second-order valence-corrected chi connectivity index (χ2v) is 6.15. The van der Waals surface area contributed by atoms with Crippen LogP contribution in [0.15, 0.2) is 48.8 Å². The summed E-state index contributed by atoms with van der Waals surface area (Å²) in [6, 6.07) is 10.9. The Labute approximate surface area is 156 Å². The maximum Gasteiger partial charge on any atom is 0.414 e. The zero-order valence-electron chi connectivity index (χ0n) is 14.8. The van der Waals surface area contributed by atoms with Gasteiger partial charge in [-0.05, 0) is 29.3 Å². The maximum atomic E-state index is 12.9. The van der Waals surface area contributed by atoms with E-state index in [1.165, 1.54) is 23.3 Å². The Balaban J connectivity index is 0.000000380. The molecule has 0 atom stereocenters. The zero-order valence-corrected chi connectivity index (χ0v) is 14.8. The Morgan fingerprint density at radius 1 is 0.889 bits per heavy atom. The molecular formula is C19H22FN3O4. The van der Waals surface area contributed by atoms with E-state index in [1.807, 2.05) is 30.6 Å². The van der Waals surface area contributed by atoms with Crippen LogP contribution in [-0.4, -0.2) is 63.1 Å². The highest BCUT2D eigenvalue weighted by atomic mass is 19.1. The van der Waals surface area contributed by atoms with E-state index in [1.54, 1.807) is 0 Å². The highest BCUT2D eigenvalue weighted by molar-refractivity contribution is 6.27. The number of hydrogen-bond acceptors (Lipinski definition) is 5. The lowest BCUT2D eigenvalue weighted by Gasteiger charge is -2.34. The average molecular weight is 375 g/mol. The van der Waals surface area contributed by atoms with Crippen LogP contribution in [0.4, 0.5) is 4.39 Å². The number of carboxylic acids is 2. The molecule has 0 amide bonds. The number of rotatable bonds is 4. The first kappa shape index (κ1) is 20.5. The molecule has 2 N–H and O–H groups in total. The summed E-state index contributed by atoms with van der Waals surface area (Å²) in [6.45, 7) is 6.11. The van der Waals surface area contributed by atoms with Gasteiger partial charge in [0.05, 0.1) is 0 Å². The van der Waals surface area contributed by atoms with Gasteiger partial charge in [0.1, 0.15) is 5.82 Å². The van der Waals surface area contributed by atoms with Crippen molar-refractivity contribution in [3.63, 3.8) is 0 Å². The van der Waals surface area contributed by atoms with Gasteiger partial charge in [0.2, 0.25) is 0 Å². The summed E-state index contributed by atoms with van der Waals surface area (Å²) in [6.07, 6.45) is 3.75. The number of piperazine rings is 1. The van der Waals surface area contributed by atoms with Crippen molar-refractivity contribution < 1.29 is 24.2 Å². The van der Waals surface area contributed by atoms with E-state index in [2.05, 4.69) is 20.9 Å². The van der Waals surface area contributed by atoms with Gasteiger partial charge in [0.15, 0.2) is 0 Å². The Bertz CT molecular complexity index is 720. The van der Waals surface area contributed by atoms with E-state index in [9.17, 15) is 4.39 Å². The highest BCUT2D eigenvalue weighted by Gasteiger charge is 2.17. The van der Waals surface area contributed by atoms with Crippen LogP contribution in [0.1, 0.15) is 11.1 Å². The SMILES string of the molecule is Fc1ccc(CN2CCN(Cc3cccnc3)CC2)cc1.O=C(O)C(=O)O. The molecule has 3 rings (SSSR count). The number of pyridine rings is 1. The maximum absolute atomic E-state index is 12.9. The first-order chi connectivity index (χ1) is 12.9. The van der Waals surface area contributed by atoms with Gasteiger partial charge in [0, 0.05) is 51.7 Å². The van der Waals surface area contributed by atoms with E-state index < -0.39 is 11.9 Å². The molecule has 1 aliphatic heterocycles. The van der Waals surface area contributed by atoms with Crippen LogP contribution >= 0.6 is 0 Å². The number of carbonyl (C=O) groups is 2. The smallest absolute Gasteiger partial charge is 0.414 e. The average Bonchev–Trinajstić information content (AvgIpc) is 2.66. The lowest BCUT2D eigenvalue weighted by Crippen LogP contribution is -2.45. The van der Waals surface area contributed by atoms with Gasteiger partial charge in [-0.2, -0.15) is 0 Å². The van der Waals surface area contributed by atoms with Crippen LogP contribution in [0.3, 0.4) is 0 Å². The highest BCUT2D eigenvalue weighted by Crippen LogP contribution is 2.11. The molecule has 1 aromatic carbocycles. The summed E-state index contributed by atoms with van der Waals surface area (Å²) < 4.78 is 12.9. The predicted octanol–water partition coefficient (Wildman–Crippen LogP) is 1.69. The van der Waals surface area contributed by atoms with E-state index in [0.717, 1.165) is 39.3 Å². The van der Waals surface area contributed by atoms with Gasteiger partial charge in [-0.1, -0.05) is 18.2 Å². The summed E-state index contributed by atoms with van der Waals surface area (Å²) in [7, 11) is 0. The molecule has 0 unspecified atom stereocenters. The van der Waals surface area contributed by atoms with Crippen molar-refractivity contribution in [1.29, 1.82) is 0 Å².